The van der Waals surface area contributed by atoms with Crippen LogP contribution in [0.1, 0.15) is 13.8 Å². The van der Waals surface area contributed by atoms with Crippen LogP contribution in [-0.2, 0) is 13.7 Å². The van der Waals surface area contributed by atoms with Gasteiger partial charge in [0.05, 0.1) is 7.11 Å². The average Bonchev–Trinajstić information content (AvgIpc) is 1.98. The topological polar surface area (TPSA) is 79.2 Å². The molecule has 0 amide bonds. The molecule has 0 saturated heterocycles. The standard InChI is InChI=1S/C5H13NO5P/c1-4(7)6(5(2)8)11-12(9)10-3/h4-5,7-8H,1-3H3/q+1. The van der Waals surface area contributed by atoms with Crippen LogP contribution in [0, 0.1) is 0 Å². The minimum Gasteiger partial charge on any atom is -0.376 e. The van der Waals surface area contributed by atoms with Gasteiger partial charge in [0.25, 0.3) is 0 Å². The maximum absolute atomic E-state index is 10.7. The van der Waals surface area contributed by atoms with Crippen molar-refractivity contribution in [3.8, 4) is 0 Å². The maximum Gasteiger partial charge on any atom is 0.716 e. The van der Waals surface area contributed by atoms with E-state index in [0.29, 0.717) is 0 Å². The van der Waals surface area contributed by atoms with Gasteiger partial charge in [-0.3, -0.25) is 0 Å². The number of hydrogen-bond acceptors (Lipinski definition) is 6. The third-order valence-corrected chi connectivity index (χ3v) is 1.67. The molecule has 0 aliphatic heterocycles. The van der Waals surface area contributed by atoms with Gasteiger partial charge in [-0.05, 0) is 18.5 Å². The summed E-state index contributed by atoms with van der Waals surface area (Å²) in [6, 6.07) is 0. The van der Waals surface area contributed by atoms with E-state index in [1.807, 2.05) is 0 Å². The smallest absolute Gasteiger partial charge is 0.376 e. The van der Waals surface area contributed by atoms with Crippen molar-refractivity contribution < 1.29 is 23.9 Å². The highest BCUT2D eigenvalue weighted by Crippen LogP contribution is 2.25. The van der Waals surface area contributed by atoms with Crippen LogP contribution in [0.2, 0.25) is 0 Å². The number of aliphatic hydroxyl groups is 2. The van der Waals surface area contributed by atoms with E-state index in [0.717, 1.165) is 5.06 Å². The van der Waals surface area contributed by atoms with Crippen molar-refractivity contribution >= 4 is 8.25 Å². The second-order valence-corrected chi connectivity index (χ2v) is 3.09. The van der Waals surface area contributed by atoms with Gasteiger partial charge >= 0.3 is 8.25 Å². The normalized spacial score (nSPS) is 17.7. The molecule has 12 heavy (non-hydrogen) atoms. The molecular weight excluding hydrogens is 185 g/mol. The van der Waals surface area contributed by atoms with Gasteiger partial charge in [-0.15, -0.1) is 4.52 Å². The molecular formula is C5H13NO5P+. The van der Waals surface area contributed by atoms with Crippen molar-refractivity contribution in [2.75, 3.05) is 7.11 Å². The number of hydroxylamine groups is 2. The summed E-state index contributed by atoms with van der Waals surface area (Å²) in [5, 5.41) is 18.7. The van der Waals surface area contributed by atoms with Crippen LogP contribution in [0.25, 0.3) is 0 Å². The molecule has 2 N–H and O–H groups in total. The van der Waals surface area contributed by atoms with Crippen molar-refractivity contribution in [1.29, 1.82) is 0 Å². The Labute approximate surface area is 71.6 Å². The Balaban J connectivity index is 4.05. The first-order chi connectivity index (χ1) is 5.49. The minimum atomic E-state index is -2.33. The van der Waals surface area contributed by atoms with E-state index in [1.165, 1.54) is 21.0 Å². The Morgan fingerprint density at radius 2 is 1.75 bits per heavy atom. The minimum absolute atomic E-state index is 0.766. The van der Waals surface area contributed by atoms with E-state index in [4.69, 9.17) is 10.2 Å². The molecule has 0 spiro atoms. The lowest BCUT2D eigenvalue weighted by Crippen LogP contribution is -2.38. The molecule has 6 nitrogen and oxygen atoms in total. The Morgan fingerprint density at radius 1 is 1.33 bits per heavy atom. The Bertz CT molecular complexity index is 143. The molecule has 0 aromatic rings. The number of nitrogens with zero attached hydrogens (tertiary/aromatic N) is 1. The van der Waals surface area contributed by atoms with Crippen LogP contribution in [0.15, 0.2) is 0 Å². The van der Waals surface area contributed by atoms with Gasteiger partial charge in [0.15, 0.2) is 0 Å². The van der Waals surface area contributed by atoms with E-state index in [9.17, 15) is 4.57 Å². The molecule has 0 aliphatic carbocycles. The average molecular weight is 198 g/mol. The van der Waals surface area contributed by atoms with Crippen LogP contribution in [0.5, 0.6) is 0 Å². The van der Waals surface area contributed by atoms with Crippen LogP contribution >= 0.6 is 8.25 Å². The lowest BCUT2D eigenvalue weighted by Gasteiger charge is -2.19. The van der Waals surface area contributed by atoms with Gasteiger partial charge in [0, 0.05) is 4.57 Å². The van der Waals surface area contributed by atoms with Gasteiger partial charge in [-0.2, -0.15) is 0 Å². The SMILES string of the molecule is CO[P+](=O)ON(C(C)O)C(C)O. The molecule has 72 valence electrons. The molecule has 0 fully saturated rings. The van der Waals surface area contributed by atoms with Gasteiger partial charge in [0.1, 0.15) is 12.5 Å². The molecule has 0 aromatic carbocycles. The van der Waals surface area contributed by atoms with Crippen molar-refractivity contribution in [3.05, 3.63) is 0 Å². The van der Waals surface area contributed by atoms with Gasteiger partial charge < -0.3 is 10.2 Å². The summed E-state index contributed by atoms with van der Waals surface area (Å²) in [6.45, 7) is 2.73. The Hall–Kier alpha value is -0.100. The summed E-state index contributed by atoms with van der Waals surface area (Å²) < 4.78 is 19.5. The number of hydrogen-bond donors (Lipinski definition) is 2. The zero-order valence-electron chi connectivity index (χ0n) is 7.17. The summed E-state index contributed by atoms with van der Waals surface area (Å²) in [5.74, 6) is 0. The highest BCUT2D eigenvalue weighted by Gasteiger charge is 2.30. The Kier molecular flexibility index (Phi) is 5.48. The van der Waals surface area contributed by atoms with Gasteiger partial charge in [-0.1, -0.05) is 5.06 Å². The first-order valence-electron chi connectivity index (χ1n) is 3.33. The van der Waals surface area contributed by atoms with Crippen molar-refractivity contribution in [2.45, 2.75) is 26.3 Å². The molecule has 0 bridgehead atoms. The van der Waals surface area contributed by atoms with Crippen molar-refractivity contribution in [1.82, 2.24) is 5.06 Å². The molecule has 7 heteroatoms. The lowest BCUT2D eigenvalue weighted by atomic mass is 10.5. The van der Waals surface area contributed by atoms with E-state index in [-0.39, 0.29) is 0 Å². The second kappa shape index (κ2) is 5.53. The fourth-order valence-corrected chi connectivity index (χ4v) is 1.05. The monoisotopic (exact) mass is 198 g/mol. The first-order valence-corrected chi connectivity index (χ1v) is 4.42. The fourth-order valence-electron chi connectivity index (χ4n) is 0.559. The quantitative estimate of drug-likeness (QED) is 0.373. The second-order valence-electron chi connectivity index (χ2n) is 2.11. The van der Waals surface area contributed by atoms with E-state index < -0.39 is 20.7 Å². The van der Waals surface area contributed by atoms with Crippen LogP contribution in [0.4, 0.5) is 0 Å². The number of rotatable bonds is 5. The predicted octanol–water partition coefficient (Wildman–Crippen LogP) is 0.200. The molecule has 0 radical (unpaired) electrons. The fraction of sp³-hybridized carbons (Fsp3) is 1.00. The maximum atomic E-state index is 10.7. The molecule has 0 aliphatic rings. The Morgan fingerprint density at radius 3 is 2.00 bits per heavy atom. The zero-order chi connectivity index (χ0) is 9.72. The summed E-state index contributed by atoms with van der Waals surface area (Å²) in [7, 11) is -1.13. The zero-order valence-corrected chi connectivity index (χ0v) is 8.06. The van der Waals surface area contributed by atoms with E-state index in [2.05, 4.69) is 9.15 Å². The number of aliphatic hydroxyl groups excluding tert-OH is 2. The largest absolute Gasteiger partial charge is 0.716 e. The molecule has 3 atom stereocenters. The summed E-state index contributed by atoms with van der Waals surface area (Å²) in [6.07, 6.45) is -2.11. The highest BCUT2D eigenvalue weighted by molar-refractivity contribution is 7.33. The lowest BCUT2D eigenvalue weighted by molar-refractivity contribution is -0.237. The third-order valence-electron chi connectivity index (χ3n) is 1.05. The van der Waals surface area contributed by atoms with E-state index >= 15 is 0 Å². The molecule has 0 rings (SSSR count). The van der Waals surface area contributed by atoms with Gasteiger partial charge in [0.2, 0.25) is 0 Å². The third kappa shape index (κ3) is 4.06. The highest BCUT2D eigenvalue weighted by atomic mass is 31.1. The molecule has 0 saturated carbocycles. The van der Waals surface area contributed by atoms with Crippen molar-refractivity contribution in [2.24, 2.45) is 0 Å². The molecule has 3 unspecified atom stereocenters. The molecule has 0 aromatic heterocycles. The van der Waals surface area contributed by atoms with Crippen molar-refractivity contribution in [3.63, 3.8) is 0 Å². The summed E-state index contributed by atoms with van der Waals surface area (Å²) in [5.41, 5.74) is 0. The van der Waals surface area contributed by atoms with Gasteiger partial charge in [-0.25, -0.2) is 0 Å². The predicted molar refractivity (Wildman–Crippen MR) is 40.9 cm³/mol. The van der Waals surface area contributed by atoms with Crippen LogP contribution < -0.4 is 0 Å². The van der Waals surface area contributed by atoms with E-state index in [1.54, 1.807) is 0 Å². The van der Waals surface area contributed by atoms with Crippen LogP contribution in [-0.4, -0.2) is 34.8 Å². The molecule has 0 heterocycles. The van der Waals surface area contributed by atoms with Crippen LogP contribution in [0.3, 0.4) is 0 Å². The first kappa shape index (κ1) is 11.9. The summed E-state index contributed by atoms with van der Waals surface area (Å²) >= 11 is 0. The summed E-state index contributed by atoms with van der Waals surface area (Å²) in [4.78, 5) is 0.